The maximum atomic E-state index is 12.6. The third-order valence-electron chi connectivity index (χ3n) is 3.74. The van der Waals surface area contributed by atoms with Crippen LogP contribution in [0.15, 0.2) is 66.0 Å². The molecule has 1 heterocycles. The van der Waals surface area contributed by atoms with Crippen LogP contribution in [0.1, 0.15) is 22.9 Å². The van der Waals surface area contributed by atoms with Gasteiger partial charge >= 0.3 is 0 Å². The SMILES string of the molecule is CS(=O)(=O)Nc1nc(CC(=O)NC(c2ccccc2)c2ccccc2)cs1. The van der Waals surface area contributed by atoms with Crippen LogP contribution in [0.25, 0.3) is 0 Å². The molecule has 0 aliphatic rings. The summed E-state index contributed by atoms with van der Waals surface area (Å²) in [6.07, 6.45) is 1.13. The van der Waals surface area contributed by atoms with E-state index in [0.29, 0.717) is 5.69 Å². The molecule has 2 aromatic carbocycles. The zero-order valence-electron chi connectivity index (χ0n) is 14.6. The van der Waals surface area contributed by atoms with E-state index >= 15 is 0 Å². The fourth-order valence-electron chi connectivity index (χ4n) is 2.62. The van der Waals surface area contributed by atoms with E-state index < -0.39 is 10.0 Å². The molecule has 0 aliphatic heterocycles. The first-order valence-corrected chi connectivity index (χ1v) is 11.0. The van der Waals surface area contributed by atoms with Crippen LogP contribution in [0.3, 0.4) is 0 Å². The monoisotopic (exact) mass is 401 g/mol. The molecule has 27 heavy (non-hydrogen) atoms. The molecule has 0 aliphatic carbocycles. The summed E-state index contributed by atoms with van der Waals surface area (Å²) in [5.41, 5.74) is 2.48. The van der Waals surface area contributed by atoms with Crippen LogP contribution in [-0.2, 0) is 21.2 Å². The Morgan fingerprint density at radius 1 is 1.04 bits per heavy atom. The van der Waals surface area contributed by atoms with Gasteiger partial charge in [-0.2, -0.15) is 0 Å². The molecular formula is C19H19N3O3S2. The zero-order valence-corrected chi connectivity index (χ0v) is 16.3. The Labute approximate surface area is 162 Å². The largest absolute Gasteiger partial charge is 0.345 e. The first kappa shape index (κ1) is 19.1. The summed E-state index contributed by atoms with van der Waals surface area (Å²) in [4.78, 5) is 16.7. The van der Waals surface area contributed by atoms with Crippen LogP contribution in [-0.4, -0.2) is 25.6 Å². The van der Waals surface area contributed by atoms with Gasteiger partial charge in [-0.1, -0.05) is 60.7 Å². The topological polar surface area (TPSA) is 88.2 Å². The molecule has 3 aromatic rings. The van der Waals surface area contributed by atoms with Gasteiger partial charge in [0.2, 0.25) is 15.9 Å². The molecule has 3 rings (SSSR count). The molecule has 0 saturated heterocycles. The van der Waals surface area contributed by atoms with E-state index in [0.717, 1.165) is 28.7 Å². The predicted octanol–water partition coefficient (Wildman–Crippen LogP) is 2.96. The third kappa shape index (κ3) is 5.63. The number of rotatable bonds is 7. The summed E-state index contributed by atoms with van der Waals surface area (Å²) in [5, 5.41) is 4.97. The first-order valence-electron chi connectivity index (χ1n) is 8.22. The number of nitrogens with zero attached hydrogens (tertiary/aromatic N) is 1. The molecule has 8 heteroatoms. The van der Waals surface area contributed by atoms with Gasteiger partial charge in [0.05, 0.1) is 24.4 Å². The molecule has 2 N–H and O–H groups in total. The summed E-state index contributed by atoms with van der Waals surface area (Å²) in [5.74, 6) is -0.191. The highest BCUT2D eigenvalue weighted by atomic mass is 32.2. The number of amides is 1. The molecule has 0 atom stereocenters. The lowest BCUT2D eigenvalue weighted by molar-refractivity contribution is -0.121. The van der Waals surface area contributed by atoms with E-state index in [-0.39, 0.29) is 23.5 Å². The van der Waals surface area contributed by atoms with Crippen molar-refractivity contribution in [2.45, 2.75) is 12.5 Å². The van der Waals surface area contributed by atoms with Crippen LogP contribution < -0.4 is 10.0 Å². The number of carbonyl (C=O) groups excluding carboxylic acids is 1. The second-order valence-corrected chi connectivity index (χ2v) is 8.62. The molecule has 0 unspecified atom stereocenters. The molecular weight excluding hydrogens is 382 g/mol. The minimum Gasteiger partial charge on any atom is -0.345 e. The number of hydrogen-bond acceptors (Lipinski definition) is 5. The van der Waals surface area contributed by atoms with Gasteiger partial charge in [-0.25, -0.2) is 13.4 Å². The average Bonchev–Trinajstić information content (AvgIpc) is 3.06. The van der Waals surface area contributed by atoms with Crippen LogP contribution >= 0.6 is 11.3 Å². The second-order valence-electron chi connectivity index (χ2n) is 6.02. The number of anilines is 1. The number of thiazole rings is 1. The van der Waals surface area contributed by atoms with E-state index in [4.69, 9.17) is 0 Å². The van der Waals surface area contributed by atoms with Crippen LogP contribution in [0.4, 0.5) is 5.13 Å². The molecule has 0 fully saturated rings. The lowest BCUT2D eigenvalue weighted by atomic mass is 9.98. The average molecular weight is 402 g/mol. The van der Waals surface area contributed by atoms with Crippen molar-refractivity contribution in [3.8, 4) is 0 Å². The van der Waals surface area contributed by atoms with Crippen molar-refractivity contribution in [1.29, 1.82) is 0 Å². The van der Waals surface area contributed by atoms with Crippen molar-refractivity contribution in [2.75, 3.05) is 11.0 Å². The van der Waals surface area contributed by atoms with Crippen LogP contribution in [0.2, 0.25) is 0 Å². The zero-order chi connectivity index (χ0) is 19.3. The summed E-state index contributed by atoms with van der Waals surface area (Å²) < 4.78 is 24.9. The Kier molecular flexibility index (Phi) is 5.88. The lowest BCUT2D eigenvalue weighted by Gasteiger charge is -2.19. The summed E-state index contributed by atoms with van der Waals surface area (Å²) >= 11 is 1.15. The fraction of sp³-hybridized carbons (Fsp3) is 0.158. The second kappa shape index (κ2) is 8.32. The van der Waals surface area contributed by atoms with Crippen molar-refractivity contribution in [2.24, 2.45) is 0 Å². The van der Waals surface area contributed by atoms with Gasteiger partial charge in [-0.3, -0.25) is 9.52 Å². The van der Waals surface area contributed by atoms with Crippen molar-refractivity contribution >= 4 is 32.4 Å². The quantitative estimate of drug-likeness (QED) is 0.637. The molecule has 1 amide bonds. The fourth-order valence-corrected chi connectivity index (χ4v) is 4.18. The Hall–Kier alpha value is -2.71. The number of nitrogens with one attached hydrogen (secondary N) is 2. The molecule has 0 spiro atoms. The molecule has 0 radical (unpaired) electrons. The van der Waals surface area contributed by atoms with Crippen molar-refractivity contribution in [1.82, 2.24) is 10.3 Å². The number of sulfonamides is 1. The minimum atomic E-state index is -3.39. The van der Waals surface area contributed by atoms with E-state index in [1.54, 1.807) is 5.38 Å². The van der Waals surface area contributed by atoms with Crippen molar-refractivity contribution in [3.05, 3.63) is 82.9 Å². The molecule has 0 bridgehead atoms. The highest BCUT2D eigenvalue weighted by Crippen LogP contribution is 2.22. The minimum absolute atomic E-state index is 0.0676. The Balaban J connectivity index is 1.74. The first-order chi connectivity index (χ1) is 12.9. The summed E-state index contributed by atoms with van der Waals surface area (Å²) in [7, 11) is -3.39. The van der Waals surface area contributed by atoms with Gasteiger partial charge in [0.25, 0.3) is 0 Å². The smallest absolute Gasteiger partial charge is 0.231 e. The maximum absolute atomic E-state index is 12.6. The normalized spacial score (nSPS) is 11.3. The van der Waals surface area contributed by atoms with Crippen LogP contribution in [0.5, 0.6) is 0 Å². The highest BCUT2D eigenvalue weighted by molar-refractivity contribution is 7.92. The Morgan fingerprint density at radius 3 is 2.11 bits per heavy atom. The number of benzene rings is 2. The van der Waals surface area contributed by atoms with Gasteiger partial charge in [0, 0.05) is 5.38 Å². The van der Waals surface area contributed by atoms with Gasteiger partial charge < -0.3 is 5.32 Å². The van der Waals surface area contributed by atoms with E-state index in [1.165, 1.54) is 0 Å². The Bertz CT molecular complexity index is 963. The summed E-state index contributed by atoms with van der Waals surface area (Å²) in [6.45, 7) is 0. The van der Waals surface area contributed by atoms with Crippen molar-refractivity contribution < 1.29 is 13.2 Å². The molecule has 0 saturated carbocycles. The molecule has 140 valence electrons. The van der Waals surface area contributed by atoms with Gasteiger partial charge in [-0.15, -0.1) is 11.3 Å². The van der Waals surface area contributed by atoms with Gasteiger partial charge in [-0.05, 0) is 11.1 Å². The van der Waals surface area contributed by atoms with E-state index in [1.807, 2.05) is 60.7 Å². The standard InChI is InChI=1S/C19H19N3O3S2/c1-27(24,25)22-19-20-16(13-26-19)12-17(23)21-18(14-8-4-2-5-9-14)15-10-6-3-7-11-15/h2-11,13,18H,12H2,1H3,(H,20,22)(H,21,23). The lowest BCUT2D eigenvalue weighted by Crippen LogP contribution is -2.30. The van der Waals surface area contributed by atoms with Gasteiger partial charge in [0.1, 0.15) is 0 Å². The van der Waals surface area contributed by atoms with Crippen LogP contribution in [0, 0.1) is 0 Å². The Morgan fingerprint density at radius 2 is 1.59 bits per heavy atom. The highest BCUT2D eigenvalue weighted by Gasteiger charge is 2.18. The molecule has 6 nitrogen and oxygen atoms in total. The van der Waals surface area contributed by atoms with Gasteiger partial charge in [0.15, 0.2) is 5.13 Å². The predicted molar refractivity (Wildman–Crippen MR) is 107 cm³/mol. The maximum Gasteiger partial charge on any atom is 0.231 e. The molecule has 1 aromatic heterocycles. The van der Waals surface area contributed by atoms with E-state index in [2.05, 4.69) is 15.0 Å². The summed E-state index contributed by atoms with van der Waals surface area (Å²) in [6, 6.07) is 19.2. The van der Waals surface area contributed by atoms with E-state index in [9.17, 15) is 13.2 Å². The third-order valence-corrected chi connectivity index (χ3v) is 5.24. The number of carbonyl (C=O) groups is 1. The number of aromatic nitrogens is 1. The van der Waals surface area contributed by atoms with Crippen molar-refractivity contribution in [3.63, 3.8) is 0 Å². The number of hydrogen-bond donors (Lipinski definition) is 2.